The summed E-state index contributed by atoms with van der Waals surface area (Å²) in [6.07, 6.45) is 10.5. The van der Waals surface area contributed by atoms with Crippen LogP contribution in [0, 0.1) is 11.8 Å². The number of amides is 3. The maximum Gasteiger partial charge on any atom is 0.410 e. The van der Waals surface area contributed by atoms with E-state index in [1.165, 1.54) is 29.4 Å². The van der Waals surface area contributed by atoms with Crippen molar-refractivity contribution in [3.8, 4) is 33.6 Å². The number of aromatic nitrogens is 4. The van der Waals surface area contributed by atoms with Gasteiger partial charge in [0.25, 0.3) is 0 Å². The van der Waals surface area contributed by atoms with E-state index >= 15 is 0 Å². The van der Waals surface area contributed by atoms with Gasteiger partial charge in [0.2, 0.25) is 5.91 Å². The van der Waals surface area contributed by atoms with Crippen LogP contribution in [-0.4, -0.2) is 79.2 Å². The van der Waals surface area contributed by atoms with Gasteiger partial charge in [-0.3, -0.25) is 9.69 Å². The molecular formula is C43H53N7O5. The van der Waals surface area contributed by atoms with Crippen LogP contribution in [0.2, 0.25) is 0 Å². The SMILES string of the molecule is COC(=O)N[C@H](C(=O)N1C2CCCC2C[C@H]1c1ncc(-c2ccc3c(c2)CCc2cc(-c4cnc([C@@H]5CCCN5C(=O)OC(C)(C)C)[nH]4)ccc2-3)[nH]1)C(C)C. The van der Waals surface area contributed by atoms with E-state index in [0.717, 1.165) is 85.5 Å². The molecule has 12 heteroatoms. The molecule has 290 valence electrons. The Morgan fingerprint density at radius 3 is 2.05 bits per heavy atom. The summed E-state index contributed by atoms with van der Waals surface area (Å²) < 4.78 is 10.5. The summed E-state index contributed by atoms with van der Waals surface area (Å²) >= 11 is 0. The summed E-state index contributed by atoms with van der Waals surface area (Å²) in [5, 5.41) is 2.79. The van der Waals surface area contributed by atoms with Crippen LogP contribution in [0.25, 0.3) is 33.6 Å². The normalized spacial score (nSPS) is 22.3. The van der Waals surface area contributed by atoms with Gasteiger partial charge in [-0.25, -0.2) is 19.6 Å². The fourth-order valence-electron chi connectivity index (χ4n) is 9.34. The van der Waals surface area contributed by atoms with Crippen molar-refractivity contribution in [2.75, 3.05) is 13.7 Å². The number of H-pyrrole nitrogens is 2. The molecule has 3 fully saturated rings. The fraction of sp³-hybridized carbons (Fsp3) is 0.512. The number of imidazole rings is 2. The van der Waals surface area contributed by atoms with Crippen LogP contribution < -0.4 is 5.32 Å². The monoisotopic (exact) mass is 747 g/mol. The number of aromatic amines is 2. The molecule has 0 bridgehead atoms. The zero-order chi connectivity index (χ0) is 38.6. The second-order valence-electron chi connectivity index (χ2n) is 17.1. The zero-order valence-electron chi connectivity index (χ0n) is 32.8. The first-order valence-electron chi connectivity index (χ1n) is 19.9. The van der Waals surface area contributed by atoms with Gasteiger partial charge in [-0.15, -0.1) is 0 Å². The van der Waals surface area contributed by atoms with Crippen LogP contribution >= 0.6 is 0 Å². The number of nitrogens with zero attached hydrogens (tertiary/aromatic N) is 4. The molecule has 55 heavy (non-hydrogen) atoms. The van der Waals surface area contributed by atoms with Crippen molar-refractivity contribution >= 4 is 18.1 Å². The van der Waals surface area contributed by atoms with Crippen LogP contribution in [0.5, 0.6) is 0 Å². The Morgan fingerprint density at radius 2 is 1.47 bits per heavy atom. The number of ether oxygens (including phenoxy) is 2. The number of carbonyl (C=O) groups is 3. The summed E-state index contributed by atoms with van der Waals surface area (Å²) in [5.74, 6) is 1.85. The minimum atomic E-state index is -0.672. The van der Waals surface area contributed by atoms with Gasteiger partial charge in [0, 0.05) is 12.6 Å². The van der Waals surface area contributed by atoms with Gasteiger partial charge >= 0.3 is 12.2 Å². The lowest BCUT2D eigenvalue weighted by atomic mass is 9.83. The second-order valence-corrected chi connectivity index (χ2v) is 17.1. The highest BCUT2D eigenvalue weighted by atomic mass is 16.6. The first-order valence-corrected chi connectivity index (χ1v) is 19.9. The predicted molar refractivity (Wildman–Crippen MR) is 209 cm³/mol. The standard InChI is InChI=1S/C43H53N7O5/c1-24(2)37(48-41(52)54-6)40(51)50-34-10-7-9-29(34)21-36(50)39-45-23-33(47-39)28-15-17-31-26(20-28)13-12-25-19-27(14-16-30(25)31)32-22-44-38(46-32)35-11-8-18-49(35)42(53)55-43(3,4)5/h14-17,19-20,22-24,29,34-37H,7-13,18,21H2,1-6H3,(H,44,46)(H,45,47)(H,48,52)/t29?,34?,35-,36-,37-/m0/s1. The van der Waals surface area contributed by atoms with Crippen LogP contribution in [0.3, 0.4) is 0 Å². The zero-order valence-corrected chi connectivity index (χ0v) is 32.8. The summed E-state index contributed by atoms with van der Waals surface area (Å²) in [6, 6.07) is 12.4. The van der Waals surface area contributed by atoms with Crippen LogP contribution in [0.15, 0.2) is 48.8 Å². The number of rotatable bonds is 7. The Labute approximate surface area is 322 Å². The van der Waals surface area contributed by atoms with E-state index in [9.17, 15) is 14.4 Å². The molecule has 2 aliphatic carbocycles. The summed E-state index contributed by atoms with van der Waals surface area (Å²) in [7, 11) is 1.32. The molecule has 4 heterocycles. The molecule has 2 aliphatic heterocycles. The number of hydrogen-bond donors (Lipinski definition) is 3. The molecule has 4 aliphatic rings. The number of fused-ring (bicyclic) bond motifs is 4. The Hall–Kier alpha value is -5.13. The van der Waals surface area contributed by atoms with Crippen molar-refractivity contribution in [3.63, 3.8) is 0 Å². The number of benzene rings is 2. The third-order valence-electron chi connectivity index (χ3n) is 12.0. The van der Waals surface area contributed by atoms with Gasteiger partial charge < -0.3 is 29.7 Å². The minimum absolute atomic E-state index is 0.0695. The third kappa shape index (κ3) is 7.11. The van der Waals surface area contributed by atoms with Gasteiger partial charge in [0.05, 0.1) is 43.0 Å². The highest BCUT2D eigenvalue weighted by Crippen LogP contribution is 2.48. The second kappa shape index (κ2) is 14.5. The number of aryl methyl sites for hydroxylation is 2. The van der Waals surface area contributed by atoms with Gasteiger partial charge in [-0.1, -0.05) is 44.5 Å². The lowest BCUT2D eigenvalue weighted by molar-refractivity contribution is -0.137. The molecule has 2 aromatic heterocycles. The molecule has 0 radical (unpaired) electrons. The number of alkyl carbamates (subject to hydrolysis) is 1. The molecule has 3 N–H and O–H groups in total. The van der Waals surface area contributed by atoms with E-state index < -0.39 is 17.7 Å². The van der Waals surface area contributed by atoms with Crippen molar-refractivity contribution in [3.05, 3.63) is 71.6 Å². The molecule has 2 unspecified atom stereocenters. The molecule has 2 aromatic carbocycles. The first kappa shape index (κ1) is 36.8. The van der Waals surface area contributed by atoms with Crippen molar-refractivity contribution in [2.24, 2.45) is 11.8 Å². The highest BCUT2D eigenvalue weighted by molar-refractivity contribution is 5.87. The number of methoxy groups -OCH3 is 1. The molecule has 5 atom stereocenters. The van der Waals surface area contributed by atoms with Crippen molar-refractivity contribution in [1.82, 2.24) is 35.1 Å². The topological polar surface area (TPSA) is 146 Å². The Kier molecular flexibility index (Phi) is 9.71. The van der Waals surface area contributed by atoms with Gasteiger partial charge in [0.15, 0.2) is 0 Å². The van der Waals surface area contributed by atoms with E-state index in [4.69, 9.17) is 19.4 Å². The van der Waals surface area contributed by atoms with Crippen LogP contribution in [-0.2, 0) is 27.1 Å². The molecule has 0 spiro atoms. The summed E-state index contributed by atoms with van der Waals surface area (Å²) in [6.45, 7) is 10.2. The molecule has 3 amide bonds. The summed E-state index contributed by atoms with van der Waals surface area (Å²) in [5.41, 5.74) is 8.53. The van der Waals surface area contributed by atoms with E-state index in [1.807, 2.05) is 51.9 Å². The maximum absolute atomic E-state index is 14.1. The van der Waals surface area contributed by atoms with Crippen molar-refractivity contribution in [1.29, 1.82) is 0 Å². The minimum Gasteiger partial charge on any atom is -0.453 e. The smallest absolute Gasteiger partial charge is 0.410 e. The molecule has 4 aromatic rings. The molecular weight excluding hydrogens is 695 g/mol. The van der Waals surface area contributed by atoms with Crippen LogP contribution in [0.4, 0.5) is 9.59 Å². The van der Waals surface area contributed by atoms with E-state index in [-0.39, 0.29) is 36.0 Å². The molecule has 1 saturated carbocycles. The van der Waals surface area contributed by atoms with Gasteiger partial charge in [0.1, 0.15) is 23.3 Å². The number of hydrogen-bond acceptors (Lipinski definition) is 7. The van der Waals surface area contributed by atoms with Crippen LogP contribution in [0.1, 0.15) is 108 Å². The highest BCUT2D eigenvalue weighted by Gasteiger charge is 2.49. The van der Waals surface area contributed by atoms with E-state index in [1.54, 1.807) is 4.90 Å². The van der Waals surface area contributed by atoms with Crippen molar-refractivity contribution in [2.45, 2.75) is 116 Å². The fourth-order valence-corrected chi connectivity index (χ4v) is 9.34. The number of likely N-dealkylation sites (tertiary alicyclic amines) is 2. The van der Waals surface area contributed by atoms with E-state index in [0.29, 0.717) is 12.5 Å². The van der Waals surface area contributed by atoms with Gasteiger partial charge in [-0.2, -0.15) is 0 Å². The molecule has 2 saturated heterocycles. The lowest BCUT2D eigenvalue weighted by Gasteiger charge is -2.33. The average molecular weight is 748 g/mol. The molecule has 8 rings (SSSR count). The third-order valence-corrected chi connectivity index (χ3v) is 12.0. The quantitative estimate of drug-likeness (QED) is 0.173. The first-order chi connectivity index (χ1) is 26.4. The largest absolute Gasteiger partial charge is 0.453 e. The van der Waals surface area contributed by atoms with E-state index in [2.05, 4.69) is 51.7 Å². The Morgan fingerprint density at radius 1 is 0.855 bits per heavy atom. The Bertz CT molecular complexity index is 2100. The predicted octanol–water partition coefficient (Wildman–Crippen LogP) is 8.13. The molecule has 12 nitrogen and oxygen atoms in total. The number of nitrogens with one attached hydrogen (secondary N) is 3. The van der Waals surface area contributed by atoms with Gasteiger partial charge in [-0.05, 0) is 123 Å². The van der Waals surface area contributed by atoms with Crippen molar-refractivity contribution < 1.29 is 23.9 Å². The average Bonchev–Trinajstić information content (AvgIpc) is 4.00. The Balaban J connectivity index is 0.996. The number of carbonyl (C=O) groups excluding carboxylic acids is 3. The summed E-state index contributed by atoms with van der Waals surface area (Å²) in [4.78, 5) is 59.7. The lowest BCUT2D eigenvalue weighted by Crippen LogP contribution is -2.53. The maximum atomic E-state index is 14.1.